The van der Waals surface area contributed by atoms with E-state index in [1.165, 1.54) is 11.9 Å². The van der Waals surface area contributed by atoms with Crippen LogP contribution in [0.3, 0.4) is 0 Å². The van der Waals surface area contributed by atoms with Crippen molar-refractivity contribution in [2.45, 2.75) is 12.8 Å². The lowest BCUT2D eigenvalue weighted by Crippen LogP contribution is -2.28. The first-order valence-corrected chi connectivity index (χ1v) is 9.52. The summed E-state index contributed by atoms with van der Waals surface area (Å²) in [6.45, 7) is 2.27. The van der Waals surface area contributed by atoms with Crippen LogP contribution in [0.1, 0.15) is 12.0 Å². The van der Waals surface area contributed by atoms with E-state index in [4.69, 9.17) is 11.6 Å². The lowest BCUT2D eigenvalue weighted by Gasteiger charge is -2.17. The van der Waals surface area contributed by atoms with Crippen molar-refractivity contribution in [3.63, 3.8) is 0 Å². The number of anilines is 1. The molecular formula is C21H21ClN4O. The Morgan fingerprint density at radius 1 is 1.15 bits per heavy atom. The highest BCUT2D eigenvalue weighted by Gasteiger charge is 2.29. The van der Waals surface area contributed by atoms with E-state index in [0.29, 0.717) is 18.0 Å². The van der Waals surface area contributed by atoms with Gasteiger partial charge in [0.05, 0.1) is 5.52 Å². The summed E-state index contributed by atoms with van der Waals surface area (Å²) in [5, 5.41) is 4.98. The highest BCUT2D eigenvalue weighted by atomic mass is 35.5. The van der Waals surface area contributed by atoms with Gasteiger partial charge in [-0.05, 0) is 30.2 Å². The second kappa shape index (κ2) is 7.92. The molecule has 1 unspecified atom stereocenters. The molecule has 1 amide bonds. The summed E-state index contributed by atoms with van der Waals surface area (Å²) in [5.41, 5.74) is 2.07. The largest absolute Gasteiger partial charge is 0.369 e. The van der Waals surface area contributed by atoms with Crippen molar-refractivity contribution in [3.05, 3.63) is 65.4 Å². The van der Waals surface area contributed by atoms with E-state index in [9.17, 15) is 4.79 Å². The van der Waals surface area contributed by atoms with Crippen LogP contribution in [-0.2, 0) is 11.2 Å². The van der Waals surface area contributed by atoms with Crippen molar-refractivity contribution < 1.29 is 4.79 Å². The summed E-state index contributed by atoms with van der Waals surface area (Å²) in [4.78, 5) is 22.9. The Morgan fingerprint density at radius 3 is 2.85 bits per heavy atom. The molecule has 0 radical (unpaired) electrons. The Bertz CT molecular complexity index is 947. The van der Waals surface area contributed by atoms with Gasteiger partial charge in [-0.2, -0.15) is 0 Å². The molecule has 0 aliphatic carbocycles. The van der Waals surface area contributed by atoms with E-state index >= 15 is 0 Å². The van der Waals surface area contributed by atoms with Crippen LogP contribution in [0, 0.1) is 5.92 Å². The summed E-state index contributed by atoms with van der Waals surface area (Å²) in [6, 6.07) is 15.9. The number of amides is 1. The first-order chi connectivity index (χ1) is 13.2. The van der Waals surface area contributed by atoms with Crippen molar-refractivity contribution in [1.82, 2.24) is 14.9 Å². The van der Waals surface area contributed by atoms with E-state index in [2.05, 4.69) is 27.4 Å². The van der Waals surface area contributed by atoms with E-state index in [1.807, 2.05) is 41.3 Å². The minimum Gasteiger partial charge on any atom is -0.369 e. The Morgan fingerprint density at radius 2 is 2.00 bits per heavy atom. The van der Waals surface area contributed by atoms with Gasteiger partial charge in [-0.3, -0.25) is 4.79 Å². The van der Waals surface area contributed by atoms with Crippen LogP contribution in [-0.4, -0.2) is 40.4 Å². The monoisotopic (exact) mass is 380 g/mol. The van der Waals surface area contributed by atoms with Gasteiger partial charge in [0.25, 0.3) is 0 Å². The molecule has 6 heteroatoms. The number of fused-ring (bicyclic) bond motifs is 1. The van der Waals surface area contributed by atoms with Crippen LogP contribution >= 0.6 is 11.6 Å². The van der Waals surface area contributed by atoms with Gasteiger partial charge in [0.2, 0.25) is 5.91 Å². The molecule has 2 aromatic carbocycles. The summed E-state index contributed by atoms with van der Waals surface area (Å²) in [7, 11) is 0. The fraction of sp³-hybridized carbons (Fsp3) is 0.286. The van der Waals surface area contributed by atoms with E-state index < -0.39 is 0 Å². The number of hydrogen-bond donors (Lipinski definition) is 1. The number of carbonyl (C=O) groups excluding carboxylic acids is 1. The predicted molar refractivity (Wildman–Crippen MR) is 108 cm³/mol. The third kappa shape index (κ3) is 4.19. The zero-order valence-electron chi connectivity index (χ0n) is 14.9. The quantitative estimate of drug-likeness (QED) is 0.706. The maximum Gasteiger partial charge on any atom is 0.223 e. The minimum atomic E-state index is 0.233. The highest BCUT2D eigenvalue weighted by Crippen LogP contribution is 2.24. The topological polar surface area (TPSA) is 58.1 Å². The number of nitrogens with one attached hydrogen (secondary N) is 1. The lowest BCUT2D eigenvalue weighted by atomic mass is 10.1. The molecule has 3 aromatic rings. The van der Waals surface area contributed by atoms with Crippen molar-refractivity contribution in [3.8, 4) is 0 Å². The van der Waals surface area contributed by atoms with Gasteiger partial charge in [0.1, 0.15) is 12.1 Å². The minimum absolute atomic E-state index is 0.233. The summed E-state index contributed by atoms with van der Waals surface area (Å²) >= 11 is 6.03. The molecule has 1 atom stereocenters. The number of likely N-dealkylation sites (tertiary alicyclic amines) is 1. The first kappa shape index (κ1) is 17.7. The van der Waals surface area contributed by atoms with Crippen LogP contribution in [0.4, 0.5) is 5.82 Å². The van der Waals surface area contributed by atoms with Crippen LogP contribution < -0.4 is 5.32 Å². The van der Waals surface area contributed by atoms with Gasteiger partial charge in [-0.1, -0.05) is 41.9 Å². The van der Waals surface area contributed by atoms with Crippen LogP contribution in [0.25, 0.3) is 10.9 Å². The molecule has 1 aromatic heterocycles. The third-order valence-corrected chi connectivity index (χ3v) is 5.20. The molecule has 4 rings (SSSR count). The standard InChI is InChI=1S/C21H21ClN4O/c22-17-6-7-18-19(11-17)24-14-25-21(18)23-12-16-10-20(27)26(13-16)9-8-15-4-2-1-3-5-15/h1-7,11,14,16H,8-10,12-13H2,(H,23,24,25). The molecule has 1 N–H and O–H groups in total. The van der Waals surface area contributed by atoms with Crippen molar-refractivity contribution >= 4 is 34.2 Å². The van der Waals surface area contributed by atoms with Crippen LogP contribution in [0.5, 0.6) is 0 Å². The Hall–Kier alpha value is -2.66. The molecule has 5 nitrogen and oxygen atoms in total. The smallest absolute Gasteiger partial charge is 0.223 e. The van der Waals surface area contributed by atoms with Gasteiger partial charge in [0.15, 0.2) is 0 Å². The van der Waals surface area contributed by atoms with Crippen molar-refractivity contribution in [2.75, 3.05) is 25.0 Å². The molecule has 1 saturated heterocycles. The molecular weight excluding hydrogens is 360 g/mol. The average Bonchev–Trinajstić information content (AvgIpc) is 3.05. The molecule has 0 bridgehead atoms. The van der Waals surface area contributed by atoms with Crippen molar-refractivity contribution in [1.29, 1.82) is 0 Å². The SMILES string of the molecule is O=C1CC(CNc2ncnc3cc(Cl)ccc23)CN1CCc1ccccc1. The van der Waals surface area contributed by atoms with Gasteiger partial charge in [-0.15, -0.1) is 0 Å². The number of rotatable bonds is 6. The Balaban J connectivity index is 1.35. The fourth-order valence-electron chi connectivity index (χ4n) is 3.53. The third-order valence-electron chi connectivity index (χ3n) is 4.96. The summed E-state index contributed by atoms with van der Waals surface area (Å²) < 4.78 is 0. The molecule has 2 heterocycles. The number of halogens is 1. The number of aromatic nitrogens is 2. The molecule has 0 saturated carbocycles. The number of nitrogens with zero attached hydrogens (tertiary/aromatic N) is 3. The highest BCUT2D eigenvalue weighted by molar-refractivity contribution is 6.31. The molecule has 1 aliphatic heterocycles. The molecule has 1 fully saturated rings. The van der Waals surface area contributed by atoms with E-state index in [0.717, 1.165) is 36.2 Å². The van der Waals surface area contributed by atoms with Gasteiger partial charge in [-0.25, -0.2) is 9.97 Å². The first-order valence-electron chi connectivity index (χ1n) is 9.15. The molecule has 138 valence electrons. The normalized spacial score (nSPS) is 16.9. The molecule has 27 heavy (non-hydrogen) atoms. The van der Waals surface area contributed by atoms with Crippen LogP contribution in [0.2, 0.25) is 5.02 Å². The second-order valence-electron chi connectivity index (χ2n) is 6.91. The predicted octanol–water partition coefficient (Wildman–Crippen LogP) is 3.79. The zero-order chi connectivity index (χ0) is 18.6. The summed E-state index contributed by atoms with van der Waals surface area (Å²) in [6.07, 6.45) is 3.01. The molecule has 0 spiro atoms. The number of carbonyl (C=O) groups is 1. The number of benzene rings is 2. The number of hydrogen-bond acceptors (Lipinski definition) is 4. The lowest BCUT2D eigenvalue weighted by molar-refractivity contribution is -0.127. The Labute approximate surface area is 163 Å². The van der Waals surface area contributed by atoms with Crippen LogP contribution in [0.15, 0.2) is 54.9 Å². The second-order valence-corrected chi connectivity index (χ2v) is 7.35. The maximum atomic E-state index is 12.3. The fourth-order valence-corrected chi connectivity index (χ4v) is 3.69. The van der Waals surface area contributed by atoms with Gasteiger partial charge >= 0.3 is 0 Å². The average molecular weight is 381 g/mol. The van der Waals surface area contributed by atoms with Gasteiger partial charge in [0, 0.05) is 42.4 Å². The van der Waals surface area contributed by atoms with E-state index in [1.54, 1.807) is 0 Å². The van der Waals surface area contributed by atoms with E-state index in [-0.39, 0.29) is 11.8 Å². The summed E-state index contributed by atoms with van der Waals surface area (Å²) in [5.74, 6) is 1.30. The van der Waals surface area contributed by atoms with Crippen molar-refractivity contribution in [2.24, 2.45) is 5.92 Å². The molecule has 1 aliphatic rings. The van der Waals surface area contributed by atoms with Gasteiger partial charge < -0.3 is 10.2 Å². The Kier molecular flexibility index (Phi) is 5.21. The zero-order valence-corrected chi connectivity index (χ0v) is 15.7. The maximum absolute atomic E-state index is 12.3.